The highest BCUT2D eigenvalue weighted by atomic mass is 127. The minimum absolute atomic E-state index is 0.0175. The number of rotatable bonds is 5. The van der Waals surface area contributed by atoms with Crippen LogP contribution in [0.4, 0.5) is 5.69 Å². The third kappa shape index (κ3) is 3.85. The molecular weight excluding hydrogens is 451 g/mol. The fourth-order valence-electron chi connectivity index (χ4n) is 2.35. The van der Waals surface area contributed by atoms with E-state index < -0.39 is 24.4 Å². The van der Waals surface area contributed by atoms with E-state index in [1.807, 2.05) is 28.7 Å². The van der Waals surface area contributed by atoms with Crippen LogP contribution in [0, 0.1) is 3.57 Å². The zero-order valence-electron chi connectivity index (χ0n) is 13.3. The Morgan fingerprint density at radius 3 is 2.58 bits per heavy atom. The van der Waals surface area contributed by atoms with E-state index in [1.165, 1.54) is 11.1 Å². The number of benzene rings is 2. The molecule has 2 amide bonds. The molecule has 8 heteroatoms. The van der Waals surface area contributed by atoms with Gasteiger partial charge in [-0.3, -0.25) is 15.0 Å². The van der Waals surface area contributed by atoms with E-state index in [9.17, 15) is 14.4 Å². The molecular formula is C18H13IN2O5. The fraction of sp³-hybridized carbons (Fsp3) is 0.0556. The van der Waals surface area contributed by atoms with Crippen molar-refractivity contribution in [1.29, 1.82) is 0 Å². The molecule has 0 aliphatic carbocycles. The number of hydrogen-bond acceptors (Lipinski definition) is 4. The number of hydrogen-bond donors (Lipinski definition) is 2. The molecule has 1 heterocycles. The molecule has 0 bridgehead atoms. The Morgan fingerprint density at radius 1 is 1.19 bits per heavy atom. The second-order valence-corrected chi connectivity index (χ2v) is 6.51. The van der Waals surface area contributed by atoms with Crippen molar-refractivity contribution in [3.8, 4) is 5.75 Å². The normalized spacial score (nSPS) is 15.3. The van der Waals surface area contributed by atoms with E-state index in [-0.39, 0.29) is 5.57 Å². The van der Waals surface area contributed by atoms with Crippen LogP contribution in [0.15, 0.2) is 54.1 Å². The van der Waals surface area contributed by atoms with Crippen LogP contribution in [0.25, 0.3) is 6.08 Å². The lowest BCUT2D eigenvalue weighted by molar-refractivity contribution is -0.139. The van der Waals surface area contributed by atoms with Crippen molar-refractivity contribution in [1.82, 2.24) is 5.43 Å². The molecule has 2 aromatic carbocycles. The molecule has 0 spiro atoms. The molecule has 2 aromatic rings. The smallest absolute Gasteiger partial charge is 0.341 e. The van der Waals surface area contributed by atoms with E-state index in [0.717, 1.165) is 0 Å². The molecule has 132 valence electrons. The van der Waals surface area contributed by atoms with Crippen LogP contribution in [-0.2, 0) is 14.4 Å². The number of ether oxygens (including phenoxy) is 1. The average Bonchev–Trinajstić information content (AvgIpc) is 2.90. The number of para-hydroxylation sites is 1. The first-order chi connectivity index (χ1) is 12.5. The summed E-state index contributed by atoms with van der Waals surface area (Å²) < 4.78 is 5.83. The van der Waals surface area contributed by atoms with Gasteiger partial charge in [0.15, 0.2) is 6.61 Å². The fourth-order valence-corrected chi connectivity index (χ4v) is 3.04. The van der Waals surface area contributed by atoms with Crippen molar-refractivity contribution in [3.05, 3.63) is 63.2 Å². The number of carboxylic acids is 1. The van der Waals surface area contributed by atoms with E-state index >= 15 is 0 Å². The third-order valence-corrected chi connectivity index (χ3v) is 4.37. The number of carbonyl (C=O) groups is 3. The first-order valence-corrected chi connectivity index (χ1v) is 8.60. The summed E-state index contributed by atoms with van der Waals surface area (Å²) in [4.78, 5) is 35.3. The van der Waals surface area contributed by atoms with E-state index in [2.05, 4.69) is 5.43 Å². The maximum Gasteiger partial charge on any atom is 0.341 e. The Labute approximate surface area is 162 Å². The van der Waals surface area contributed by atoms with Gasteiger partial charge in [-0.2, -0.15) is 0 Å². The van der Waals surface area contributed by atoms with Crippen molar-refractivity contribution in [2.75, 3.05) is 11.6 Å². The second-order valence-electron chi connectivity index (χ2n) is 5.35. The largest absolute Gasteiger partial charge is 0.481 e. The number of nitrogens with zero attached hydrogens (tertiary/aromatic N) is 1. The predicted molar refractivity (Wildman–Crippen MR) is 102 cm³/mol. The third-order valence-electron chi connectivity index (χ3n) is 3.52. The number of nitrogens with one attached hydrogen (secondary N) is 1. The Bertz CT molecular complexity index is 911. The molecule has 1 aliphatic rings. The predicted octanol–water partition coefficient (Wildman–Crippen LogP) is 2.22. The maximum atomic E-state index is 12.5. The summed E-state index contributed by atoms with van der Waals surface area (Å²) in [5.41, 5.74) is 3.75. The molecule has 26 heavy (non-hydrogen) atoms. The Hall–Kier alpha value is -2.88. The van der Waals surface area contributed by atoms with Gasteiger partial charge in [-0.1, -0.05) is 24.3 Å². The summed E-state index contributed by atoms with van der Waals surface area (Å²) in [7, 11) is 0. The van der Waals surface area contributed by atoms with Gasteiger partial charge in [0.25, 0.3) is 11.8 Å². The molecule has 1 saturated heterocycles. The average molecular weight is 464 g/mol. The van der Waals surface area contributed by atoms with Gasteiger partial charge in [0, 0.05) is 0 Å². The number of amides is 2. The Morgan fingerprint density at radius 2 is 1.92 bits per heavy atom. The number of anilines is 1. The number of hydrazine groups is 1. The van der Waals surface area contributed by atoms with Crippen molar-refractivity contribution in [2.24, 2.45) is 0 Å². The van der Waals surface area contributed by atoms with Gasteiger partial charge in [0.2, 0.25) is 0 Å². The quantitative estimate of drug-likeness (QED) is 0.402. The zero-order valence-corrected chi connectivity index (χ0v) is 15.5. The summed E-state index contributed by atoms with van der Waals surface area (Å²) in [5, 5.41) is 9.86. The summed E-state index contributed by atoms with van der Waals surface area (Å²) in [6.45, 7) is -0.441. The summed E-state index contributed by atoms with van der Waals surface area (Å²) in [5.74, 6) is -1.58. The molecule has 2 N–H and O–H groups in total. The lowest BCUT2D eigenvalue weighted by atomic mass is 10.1. The van der Waals surface area contributed by atoms with Crippen LogP contribution in [0.5, 0.6) is 5.75 Å². The molecule has 0 radical (unpaired) electrons. The van der Waals surface area contributed by atoms with Crippen molar-refractivity contribution < 1.29 is 24.2 Å². The van der Waals surface area contributed by atoms with E-state index in [4.69, 9.17) is 9.84 Å². The summed E-state index contributed by atoms with van der Waals surface area (Å²) in [6, 6.07) is 13.8. The molecule has 3 rings (SSSR count). The molecule has 1 fully saturated rings. The van der Waals surface area contributed by atoms with Crippen LogP contribution >= 0.6 is 22.6 Å². The first kappa shape index (κ1) is 17.9. The van der Waals surface area contributed by atoms with Crippen LogP contribution in [0.2, 0.25) is 0 Å². The van der Waals surface area contributed by atoms with Gasteiger partial charge < -0.3 is 9.84 Å². The van der Waals surface area contributed by atoms with Gasteiger partial charge >= 0.3 is 5.97 Å². The molecule has 0 saturated carbocycles. The molecule has 7 nitrogen and oxygen atoms in total. The highest BCUT2D eigenvalue weighted by molar-refractivity contribution is 14.1. The highest BCUT2D eigenvalue weighted by Crippen LogP contribution is 2.25. The maximum absolute atomic E-state index is 12.5. The van der Waals surface area contributed by atoms with Crippen LogP contribution < -0.4 is 15.2 Å². The molecule has 0 unspecified atom stereocenters. The van der Waals surface area contributed by atoms with Crippen LogP contribution in [-0.4, -0.2) is 29.5 Å². The lowest BCUT2D eigenvalue weighted by Gasteiger charge is -2.13. The number of aliphatic carboxylic acids is 1. The standard InChI is InChI=1S/C18H13IN2O5/c19-14-9-11(6-7-15(14)26-10-16(22)23)8-13-17(24)20-21(18(13)25)12-4-2-1-3-5-12/h1-9H,10H2,(H,20,24)(H,22,23). The minimum Gasteiger partial charge on any atom is -0.481 e. The topological polar surface area (TPSA) is 95.9 Å². The van der Waals surface area contributed by atoms with E-state index in [1.54, 1.807) is 42.5 Å². The van der Waals surface area contributed by atoms with Gasteiger partial charge in [0.05, 0.1) is 9.26 Å². The van der Waals surface area contributed by atoms with Gasteiger partial charge in [0.1, 0.15) is 11.3 Å². The zero-order chi connectivity index (χ0) is 18.7. The van der Waals surface area contributed by atoms with E-state index in [0.29, 0.717) is 20.6 Å². The van der Waals surface area contributed by atoms with Crippen molar-refractivity contribution in [3.63, 3.8) is 0 Å². The summed E-state index contributed by atoms with van der Waals surface area (Å²) >= 11 is 2.00. The lowest BCUT2D eigenvalue weighted by Crippen LogP contribution is -2.35. The monoisotopic (exact) mass is 464 g/mol. The molecule has 0 aromatic heterocycles. The Balaban J connectivity index is 1.83. The van der Waals surface area contributed by atoms with Crippen LogP contribution in [0.3, 0.4) is 0 Å². The molecule has 1 aliphatic heterocycles. The highest BCUT2D eigenvalue weighted by Gasteiger charge is 2.34. The number of carboxylic acid groups (broad SMARTS) is 1. The van der Waals surface area contributed by atoms with Gasteiger partial charge in [-0.25, -0.2) is 9.80 Å². The Kier molecular flexibility index (Phi) is 5.21. The van der Waals surface area contributed by atoms with Crippen molar-refractivity contribution >= 4 is 52.1 Å². The van der Waals surface area contributed by atoms with Crippen molar-refractivity contribution in [2.45, 2.75) is 0 Å². The van der Waals surface area contributed by atoms with Crippen LogP contribution in [0.1, 0.15) is 5.56 Å². The molecule has 0 atom stereocenters. The SMILES string of the molecule is O=C(O)COc1ccc(C=C2C(=O)NN(c3ccccc3)C2=O)cc1I. The minimum atomic E-state index is -1.07. The number of halogens is 1. The van der Waals surface area contributed by atoms with Gasteiger partial charge in [-0.15, -0.1) is 0 Å². The number of carbonyl (C=O) groups excluding carboxylic acids is 2. The second kappa shape index (κ2) is 7.56. The first-order valence-electron chi connectivity index (χ1n) is 7.52. The summed E-state index contributed by atoms with van der Waals surface area (Å²) in [6.07, 6.45) is 1.49. The van der Waals surface area contributed by atoms with Gasteiger partial charge in [-0.05, 0) is 58.5 Å².